The molecule has 0 heterocycles. The summed E-state index contributed by atoms with van der Waals surface area (Å²) in [7, 11) is -3.47. The molecule has 0 aliphatic heterocycles. The van der Waals surface area contributed by atoms with Crippen LogP contribution in [0.3, 0.4) is 0 Å². The topological polar surface area (TPSA) is 58.2 Å². The lowest BCUT2D eigenvalue weighted by Gasteiger charge is -2.09. The van der Waals surface area contributed by atoms with Crippen LogP contribution in [-0.2, 0) is 10.0 Å². The van der Waals surface area contributed by atoms with Crippen LogP contribution in [0.15, 0.2) is 41.1 Å². The molecule has 1 aromatic carbocycles. The van der Waals surface area contributed by atoms with Gasteiger partial charge in [0.2, 0.25) is 0 Å². The van der Waals surface area contributed by atoms with E-state index in [1.165, 1.54) is 0 Å². The predicted molar refractivity (Wildman–Crippen MR) is 73.6 cm³/mol. The van der Waals surface area contributed by atoms with Crippen molar-refractivity contribution in [2.24, 2.45) is 0 Å². The first-order valence-corrected chi connectivity index (χ1v) is 7.43. The number of benzene rings is 1. The lowest BCUT2D eigenvalue weighted by atomic mass is 10.2. The second-order valence-corrected chi connectivity index (χ2v) is 5.88. The smallest absolute Gasteiger partial charge is 0.261 e. The third-order valence-corrected chi connectivity index (χ3v) is 3.82. The molecule has 4 nitrogen and oxygen atoms in total. The van der Waals surface area contributed by atoms with E-state index in [1.54, 1.807) is 37.4 Å². The van der Waals surface area contributed by atoms with E-state index < -0.39 is 10.0 Å². The van der Waals surface area contributed by atoms with Crippen molar-refractivity contribution in [1.82, 2.24) is 10.0 Å². The molecule has 0 amide bonds. The highest BCUT2D eigenvalue weighted by atomic mass is 32.2. The minimum atomic E-state index is -3.47. The van der Waals surface area contributed by atoms with Gasteiger partial charge in [-0.05, 0) is 32.4 Å². The molecule has 0 radical (unpaired) electrons. The van der Waals surface area contributed by atoms with Gasteiger partial charge in [-0.25, -0.2) is 8.42 Å². The fraction of sp³-hybridized carbons (Fsp3) is 0.385. The first kappa shape index (κ1) is 14.6. The highest BCUT2D eigenvalue weighted by Gasteiger charge is 2.12. The van der Waals surface area contributed by atoms with Gasteiger partial charge in [0.05, 0.1) is 4.90 Å². The zero-order valence-electron chi connectivity index (χ0n) is 11.0. The van der Waals surface area contributed by atoms with E-state index >= 15 is 0 Å². The van der Waals surface area contributed by atoms with Gasteiger partial charge in [0.1, 0.15) is 0 Å². The number of hydrogen-bond acceptors (Lipinski definition) is 3. The largest absolute Gasteiger partial charge is 0.390 e. The molecule has 0 atom stereocenters. The zero-order chi connectivity index (χ0) is 13.6. The molecule has 0 spiro atoms. The van der Waals surface area contributed by atoms with Crippen molar-refractivity contribution in [2.45, 2.75) is 32.1 Å². The minimum absolute atomic E-state index is 0.274. The van der Waals surface area contributed by atoms with E-state index in [9.17, 15) is 8.42 Å². The normalized spacial score (nSPS) is 12.3. The molecular weight excluding hydrogens is 248 g/mol. The molecular formula is C13H20N2O2S. The Morgan fingerprint density at radius 1 is 1.28 bits per heavy atom. The summed E-state index contributed by atoms with van der Waals surface area (Å²) in [5.74, 6) is 0. The van der Waals surface area contributed by atoms with Crippen LogP contribution in [-0.4, -0.2) is 15.0 Å². The molecule has 0 saturated carbocycles. The average Bonchev–Trinajstić information content (AvgIpc) is 2.29. The monoisotopic (exact) mass is 268 g/mol. The summed E-state index contributed by atoms with van der Waals surface area (Å²) < 4.78 is 26.5. The summed E-state index contributed by atoms with van der Waals surface area (Å²) in [5, 5.41) is 3.03. The van der Waals surface area contributed by atoms with Crippen molar-refractivity contribution in [1.29, 1.82) is 0 Å². The van der Waals surface area contributed by atoms with Crippen LogP contribution in [0.2, 0.25) is 0 Å². The number of hydrogen-bond donors (Lipinski definition) is 2. The fourth-order valence-electron chi connectivity index (χ4n) is 1.39. The van der Waals surface area contributed by atoms with Gasteiger partial charge < -0.3 is 5.32 Å². The van der Waals surface area contributed by atoms with Gasteiger partial charge >= 0.3 is 0 Å². The van der Waals surface area contributed by atoms with E-state index in [2.05, 4.69) is 10.0 Å². The van der Waals surface area contributed by atoms with Crippen LogP contribution in [0.1, 0.15) is 25.8 Å². The van der Waals surface area contributed by atoms with Crippen molar-refractivity contribution in [3.05, 3.63) is 41.7 Å². The summed E-state index contributed by atoms with van der Waals surface area (Å²) in [6, 6.07) is 6.76. The summed E-state index contributed by atoms with van der Waals surface area (Å²) >= 11 is 0. The number of sulfonamides is 1. The molecule has 0 fully saturated rings. The van der Waals surface area contributed by atoms with Gasteiger partial charge in [0, 0.05) is 18.4 Å². The number of rotatable bonds is 6. The fourth-order valence-corrected chi connectivity index (χ4v) is 2.48. The number of allylic oxidation sites excluding steroid dienone is 1. The Kier molecular flexibility index (Phi) is 5.22. The van der Waals surface area contributed by atoms with E-state index in [4.69, 9.17) is 0 Å². The van der Waals surface area contributed by atoms with Crippen molar-refractivity contribution in [3.63, 3.8) is 0 Å². The Morgan fingerprint density at radius 2 is 1.89 bits per heavy atom. The lowest BCUT2D eigenvalue weighted by molar-refractivity contribution is 0.588. The van der Waals surface area contributed by atoms with Gasteiger partial charge in [-0.15, -0.1) is 0 Å². The Hall–Kier alpha value is -1.49. The van der Waals surface area contributed by atoms with E-state index in [-0.39, 0.29) is 4.90 Å². The zero-order valence-corrected chi connectivity index (χ0v) is 11.8. The molecule has 0 aromatic heterocycles. The molecule has 0 bridgehead atoms. The van der Waals surface area contributed by atoms with Crippen LogP contribution >= 0.6 is 0 Å². The van der Waals surface area contributed by atoms with Crippen molar-refractivity contribution in [3.8, 4) is 0 Å². The average molecular weight is 268 g/mol. The third kappa shape index (κ3) is 4.41. The molecule has 0 unspecified atom stereocenters. The van der Waals surface area contributed by atoms with Gasteiger partial charge in [-0.2, -0.15) is 0 Å². The Labute approximate surface area is 109 Å². The number of aryl methyl sites for hydroxylation is 1. The van der Waals surface area contributed by atoms with Crippen LogP contribution < -0.4 is 10.0 Å². The maximum atomic E-state index is 12.0. The number of nitrogens with one attached hydrogen (secondary N) is 2. The second kappa shape index (κ2) is 6.44. The highest BCUT2D eigenvalue weighted by molar-refractivity contribution is 7.89. The molecule has 0 saturated heterocycles. The maximum Gasteiger partial charge on any atom is 0.261 e. The summed E-state index contributed by atoms with van der Waals surface area (Å²) in [4.78, 5) is 0.274. The molecule has 1 aromatic rings. The van der Waals surface area contributed by atoms with Gasteiger partial charge in [-0.3, -0.25) is 4.72 Å². The molecule has 1 rings (SSSR count). The van der Waals surface area contributed by atoms with E-state index in [0.717, 1.165) is 18.5 Å². The molecule has 18 heavy (non-hydrogen) atoms. The first-order chi connectivity index (χ1) is 8.45. The van der Waals surface area contributed by atoms with Gasteiger partial charge in [0.25, 0.3) is 10.0 Å². The summed E-state index contributed by atoms with van der Waals surface area (Å²) in [5.41, 5.74) is 1.61. The van der Waals surface area contributed by atoms with Crippen LogP contribution in [0.4, 0.5) is 0 Å². The van der Waals surface area contributed by atoms with Gasteiger partial charge in [-0.1, -0.05) is 24.6 Å². The third-order valence-electron chi connectivity index (χ3n) is 2.34. The lowest BCUT2D eigenvalue weighted by Crippen LogP contribution is -2.23. The molecule has 0 aliphatic carbocycles. The molecule has 2 N–H and O–H groups in total. The van der Waals surface area contributed by atoms with Crippen LogP contribution in [0.25, 0.3) is 0 Å². The molecule has 5 heteroatoms. The second-order valence-electron chi connectivity index (χ2n) is 4.20. The molecule has 100 valence electrons. The standard InChI is InChI=1S/C13H20N2O2S/c1-4-9-14-10-12(3)15-18(16,17)13-7-5-11(2)6-8-13/h5-8,10,14-15H,4,9H2,1-3H3/b12-10+. The van der Waals surface area contributed by atoms with E-state index in [0.29, 0.717) is 5.70 Å². The van der Waals surface area contributed by atoms with Crippen LogP contribution in [0, 0.1) is 6.92 Å². The Balaban J connectivity index is 2.76. The maximum absolute atomic E-state index is 12.0. The Morgan fingerprint density at radius 3 is 2.44 bits per heavy atom. The SMILES string of the molecule is CCCN/C=C(\C)NS(=O)(=O)c1ccc(C)cc1. The Bertz CT molecular complexity index is 504. The molecule has 0 aliphatic rings. The minimum Gasteiger partial charge on any atom is -0.390 e. The summed E-state index contributed by atoms with van der Waals surface area (Å²) in [6.07, 6.45) is 2.67. The predicted octanol–water partition coefficient (Wildman–Crippen LogP) is 2.13. The van der Waals surface area contributed by atoms with Crippen molar-refractivity contribution in [2.75, 3.05) is 6.54 Å². The van der Waals surface area contributed by atoms with Crippen molar-refractivity contribution < 1.29 is 8.42 Å². The highest BCUT2D eigenvalue weighted by Crippen LogP contribution is 2.10. The van der Waals surface area contributed by atoms with E-state index in [1.807, 2.05) is 13.8 Å². The first-order valence-electron chi connectivity index (χ1n) is 5.95. The van der Waals surface area contributed by atoms with Crippen LogP contribution in [0.5, 0.6) is 0 Å². The van der Waals surface area contributed by atoms with Crippen molar-refractivity contribution >= 4 is 10.0 Å². The quantitative estimate of drug-likeness (QED) is 0.777. The van der Waals surface area contributed by atoms with Gasteiger partial charge in [0.15, 0.2) is 0 Å². The summed E-state index contributed by atoms with van der Waals surface area (Å²) in [6.45, 7) is 6.51.